The molecule has 5 nitrogen and oxygen atoms in total. The summed E-state index contributed by atoms with van der Waals surface area (Å²) in [4.78, 5) is 14.5. The van der Waals surface area contributed by atoms with Gasteiger partial charge in [0.2, 0.25) is 5.91 Å². The third kappa shape index (κ3) is 3.99. The number of hydrogen-bond donors (Lipinski definition) is 1. The molecule has 0 saturated carbocycles. The Morgan fingerprint density at radius 1 is 1.16 bits per heavy atom. The van der Waals surface area contributed by atoms with Gasteiger partial charge in [-0.2, -0.15) is 0 Å². The third-order valence-electron chi connectivity index (χ3n) is 3.88. The van der Waals surface area contributed by atoms with Crippen LogP contribution >= 0.6 is 11.6 Å². The predicted octanol–water partition coefficient (Wildman–Crippen LogP) is 3.96. The number of nitrogens with one attached hydrogen (secondary N) is 1. The predicted molar refractivity (Wildman–Crippen MR) is 100.0 cm³/mol. The lowest BCUT2D eigenvalue weighted by molar-refractivity contribution is -0.117. The van der Waals surface area contributed by atoms with Gasteiger partial charge in [-0.15, -0.1) is 0 Å². The number of carbonyl (C=O) groups excluding carboxylic acids is 1. The number of anilines is 2. The quantitative estimate of drug-likeness (QED) is 0.876. The van der Waals surface area contributed by atoms with Gasteiger partial charge in [0.15, 0.2) is 11.5 Å². The first-order valence-electron chi connectivity index (χ1n) is 8.26. The molecule has 3 rings (SSSR count). The average molecular weight is 361 g/mol. The van der Waals surface area contributed by atoms with Crippen LogP contribution in [0.25, 0.3) is 0 Å². The molecule has 1 aliphatic heterocycles. The molecule has 1 heterocycles. The van der Waals surface area contributed by atoms with Gasteiger partial charge in [-0.3, -0.25) is 4.79 Å². The number of amides is 1. The van der Waals surface area contributed by atoms with Gasteiger partial charge in [0.1, 0.15) is 13.2 Å². The van der Waals surface area contributed by atoms with E-state index in [4.69, 9.17) is 21.1 Å². The highest BCUT2D eigenvalue weighted by Crippen LogP contribution is 2.37. The molecule has 1 amide bonds. The fraction of sp³-hybridized carbons (Fsp3) is 0.316. The number of ether oxygens (including phenoxy) is 2. The van der Waals surface area contributed by atoms with Crippen molar-refractivity contribution in [2.75, 3.05) is 30.0 Å². The number of nitrogens with zero attached hydrogens (tertiary/aromatic N) is 1. The van der Waals surface area contributed by atoms with E-state index in [0.717, 1.165) is 5.69 Å². The second kappa shape index (κ2) is 7.66. The molecule has 2 aromatic carbocycles. The molecule has 0 saturated heterocycles. The van der Waals surface area contributed by atoms with Crippen LogP contribution in [0.1, 0.15) is 13.8 Å². The van der Waals surface area contributed by atoms with Gasteiger partial charge in [-0.1, -0.05) is 29.8 Å². The Balaban J connectivity index is 1.73. The summed E-state index contributed by atoms with van der Waals surface area (Å²) >= 11 is 6.28. The lowest BCUT2D eigenvalue weighted by Gasteiger charge is -2.27. The summed E-state index contributed by atoms with van der Waals surface area (Å²) in [7, 11) is 0. The molecule has 0 unspecified atom stereocenters. The Labute approximate surface area is 152 Å². The summed E-state index contributed by atoms with van der Waals surface area (Å²) in [6.07, 6.45) is 0. The number of hydrogen-bond acceptors (Lipinski definition) is 4. The Morgan fingerprint density at radius 3 is 2.44 bits per heavy atom. The fourth-order valence-corrected chi connectivity index (χ4v) is 2.99. The molecule has 6 heteroatoms. The van der Waals surface area contributed by atoms with Gasteiger partial charge in [0.25, 0.3) is 0 Å². The van der Waals surface area contributed by atoms with E-state index in [1.165, 1.54) is 0 Å². The number of para-hydroxylation sites is 1. The number of benzene rings is 2. The molecule has 0 bridgehead atoms. The highest BCUT2D eigenvalue weighted by atomic mass is 35.5. The summed E-state index contributed by atoms with van der Waals surface area (Å²) in [5, 5.41) is 3.60. The Kier molecular flexibility index (Phi) is 5.34. The topological polar surface area (TPSA) is 50.8 Å². The molecule has 0 spiro atoms. The van der Waals surface area contributed by atoms with Crippen molar-refractivity contribution in [1.82, 2.24) is 0 Å². The molecule has 0 aromatic heterocycles. The molecule has 25 heavy (non-hydrogen) atoms. The zero-order chi connectivity index (χ0) is 17.8. The second-order valence-electron chi connectivity index (χ2n) is 6.02. The molecule has 132 valence electrons. The maximum Gasteiger partial charge on any atom is 0.246 e. The van der Waals surface area contributed by atoms with Crippen LogP contribution in [0.4, 0.5) is 11.4 Å². The maximum absolute atomic E-state index is 12.7. The highest BCUT2D eigenvalue weighted by molar-refractivity contribution is 6.33. The van der Waals surface area contributed by atoms with E-state index < -0.39 is 0 Å². The first kappa shape index (κ1) is 17.4. The Hall–Kier alpha value is -2.40. The van der Waals surface area contributed by atoms with Gasteiger partial charge in [0, 0.05) is 23.9 Å². The van der Waals surface area contributed by atoms with Crippen molar-refractivity contribution in [3.63, 3.8) is 0 Å². The van der Waals surface area contributed by atoms with Crippen molar-refractivity contribution in [2.24, 2.45) is 0 Å². The van der Waals surface area contributed by atoms with Crippen LogP contribution in [0.2, 0.25) is 5.02 Å². The van der Waals surface area contributed by atoms with Crippen molar-refractivity contribution in [3.8, 4) is 11.5 Å². The van der Waals surface area contributed by atoms with Crippen LogP contribution in [0, 0.1) is 0 Å². The van der Waals surface area contributed by atoms with Gasteiger partial charge in [0.05, 0.1) is 17.3 Å². The first-order valence-corrected chi connectivity index (χ1v) is 8.64. The van der Waals surface area contributed by atoms with E-state index in [-0.39, 0.29) is 18.5 Å². The smallest absolute Gasteiger partial charge is 0.246 e. The summed E-state index contributed by atoms with van der Waals surface area (Å²) in [6.45, 7) is 5.12. The second-order valence-corrected chi connectivity index (χ2v) is 6.43. The Bertz CT molecular complexity index is 750. The van der Waals surface area contributed by atoms with E-state index in [2.05, 4.69) is 5.32 Å². The van der Waals surface area contributed by atoms with Crippen LogP contribution in [0.15, 0.2) is 42.5 Å². The molecule has 0 radical (unpaired) electrons. The van der Waals surface area contributed by atoms with Gasteiger partial charge in [-0.05, 0) is 26.0 Å². The van der Waals surface area contributed by atoms with Crippen molar-refractivity contribution in [1.29, 1.82) is 0 Å². The molecule has 1 aliphatic rings. The van der Waals surface area contributed by atoms with Crippen molar-refractivity contribution < 1.29 is 14.3 Å². The molecule has 2 aromatic rings. The fourth-order valence-electron chi connectivity index (χ4n) is 2.77. The van der Waals surface area contributed by atoms with E-state index >= 15 is 0 Å². The lowest BCUT2D eigenvalue weighted by Crippen LogP contribution is -2.40. The van der Waals surface area contributed by atoms with Crippen molar-refractivity contribution in [3.05, 3.63) is 47.5 Å². The van der Waals surface area contributed by atoms with Crippen LogP contribution in [0.3, 0.4) is 0 Å². The standard InChI is InChI=1S/C19H21ClN2O3/c1-13(2)22(14-6-4-3-5-7-14)19(23)12-21-16-11-18-17(10-15(16)20)24-8-9-25-18/h3-7,10-11,13,21H,8-9,12H2,1-2H3. The molecule has 1 N–H and O–H groups in total. The van der Waals surface area contributed by atoms with Gasteiger partial charge < -0.3 is 19.7 Å². The van der Waals surface area contributed by atoms with Crippen molar-refractivity contribution >= 4 is 28.9 Å². The molecule has 0 aliphatic carbocycles. The van der Waals surface area contributed by atoms with E-state index in [1.54, 1.807) is 17.0 Å². The van der Waals surface area contributed by atoms with Crippen LogP contribution in [-0.2, 0) is 4.79 Å². The zero-order valence-corrected chi connectivity index (χ0v) is 15.0. The van der Waals surface area contributed by atoms with Crippen LogP contribution in [0.5, 0.6) is 11.5 Å². The largest absolute Gasteiger partial charge is 0.486 e. The molecule has 0 atom stereocenters. The SMILES string of the molecule is CC(C)N(C(=O)CNc1cc2c(cc1Cl)OCCO2)c1ccccc1. The Morgan fingerprint density at radius 2 is 1.80 bits per heavy atom. The molecular formula is C19H21ClN2O3. The average Bonchev–Trinajstić information content (AvgIpc) is 2.60. The minimum Gasteiger partial charge on any atom is -0.486 e. The summed E-state index contributed by atoms with van der Waals surface area (Å²) < 4.78 is 11.1. The highest BCUT2D eigenvalue weighted by Gasteiger charge is 2.20. The minimum absolute atomic E-state index is 0.0350. The zero-order valence-electron chi connectivity index (χ0n) is 14.3. The third-order valence-corrected chi connectivity index (χ3v) is 4.19. The van der Waals surface area contributed by atoms with Gasteiger partial charge >= 0.3 is 0 Å². The lowest BCUT2D eigenvalue weighted by atomic mass is 10.2. The van der Waals surface area contributed by atoms with Gasteiger partial charge in [-0.25, -0.2) is 0 Å². The summed E-state index contributed by atoms with van der Waals surface area (Å²) in [5.74, 6) is 1.22. The van der Waals surface area contributed by atoms with Crippen LogP contribution < -0.4 is 19.7 Å². The van der Waals surface area contributed by atoms with E-state index in [9.17, 15) is 4.79 Å². The summed E-state index contributed by atoms with van der Waals surface area (Å²) in [6, 6.07) is 13.1. The van der Waals surface area contributed by atoms with Crippen LogP contribution in [-0.4, -0.2) is 31.7 Å². The first-order chi connectivity index (χ1) is 12.1. The van der Waals surface area contributed by atoms with Crippen molar-refractivity contribution in [2.45, 2.75) is 19.9 Å². The van der Waals surface area contributed by atoms with E-state index in [1.807, 2.05) is 44.2 Å². The van der Waals surface area contributed by atoms with E-state index in [0.29, 0.717) is 35.4 Å². The number of carbonyl (C=O) groups is 1. The monoisotopic (exact) mass is 360 g/mol. The maximum atomic E-state index is 12.7. The minimum atomic E-state index is -0.0350. The summed E-state index contributed by atoms with van der Waals surface area (Å²) in [5.41, 5.74) is 1.52. The molecule has 0 fully saturated rings. The molecular weight excluding hydrogens is 340 g/mol. The normalized spacial score (nSPS) is 12.8. The number of fused-ring (bicyclic) bond motifs is 1. The number of rotatable bonds is 5. The number of halogens is 1.